The van der Waals surface area contributed by atoms with Crippen LogP contribution >= 0.6 is 11.6 Å². The highest BCUT2D eigenvalue weighted by Gasteiger charge is 2.24. The van der Waals surface area contributed by atoms with Crippen molar-refractivity contribution in [1.82, 2.24) is 19.2 Å². The Morgan fingerprint density at radius 2 is 1.93 bits per heavy atom. The molecule has 1 aliphatic rings. The van der Waals surface area contributed by atoms with E-state index in [0.717, 1.165) is 31.0 Å². The number of aryl methyl sites for hydroxylation is 2. The van der Waals surface area contributed by atoms with Crippen LogP contribution in [0.25, 0.3) is 5.65 Å². The summed E-state index contributed by atoms with van der Waals surface area (Å²) in [7, 11) is 0. The minimum absolute atomic E-state index is 0.00275. The van der Waals surface area contributed by atoms with Gasteiger partial charge >= 0.3 is 0 Å². The molecule has 0 saturated carbocycles. The zero-order valence-electron chi connectivity index (χ0n) is 16.7. The second-order valence-electron chi connectivity index (χ2n) is 7.61. The van der Waals surface area contributed by atoms with Gasteiger partial charge in [0.1, 0.15) is 11.5 Å². The van der Waals surface area contributed by atoms with Gasteiger partial charge in [-0.2, -0.15) is 0 Å². The van der Waals surface area contributed by atoms with Crippen molar-refractivity contribution in [3.05, 3.63) is 69.9 Å². The Balaban J connectivity index is 1.39. The predicted octanol–water partition coefficient (Wildman–Crippen LogP) is 3.63. The van der Waals surface area contributed by atoms with E-state index in [2.05, 4.69) is 39.5 Å². The van der Waals surface area contributed by atoms with E-state index in [1.807, 2.05) is 6.92 Å². The van der Waals surface area contributed by atoms with E-state index in [4.69, 9.17) is 11.6 Å². The van der Waals surface area contributed by atoms with Gasteiger partial charge in [0.05, 0.1) is 17.8 Å². The lowest BCUT2D eigenvalue weighted by molar-refractivity contribution is -0.132. The Morgan fingerprint density at radius 1 is 1.17 bits per heavy atom. The van der Waals surface area contributed by atoms with Crippen LogP contribution in [0.5, 0.6) is 0 Å². The lowest BCUT2D eigenvalue weighted by Gasteiger charge is -2.34. The topological polar surface area (TPSA) is 40.9 Å². The van der Waals surface area contributed by atoms with Crippen LogP contribution in [0.4, 0.5) is 4.39 Å². The average molecular weight is 415 g/mol. The smallest absolute Gasteiger partial charge is 0.227 e. The maximum atomic E-state index is 14.0. The van der Waals surface area contributed by atoms with E-state index in [0.29, 0.717) is 18.1 Å². The number of aromatic nitrogens is 2. The van der Waals surface area contributed by atoms with Gasteiger partial charge in [-0.1, -0.05) is 17.7 Å². The quantitative estimate of drug-likeness (QED) is 0.654. The van der Waals surface area contributed by atoms with Crippen LogP contribution in [0.15, 0.2) is 36.5 Å². The second-order valence-corrected chi connectivity index (χ2v) is 8.02. The highest BCUT2D eigenvalue weighted by atomic mass is 35.5. The van der Waals surface area contributed by atoms with Crippen LogP contribution in [0.3, 0.4) is 0 Å². The first-order valence-corrected chi connectivity index (χ1v) is 10.2. The minimum Gasteiger partial charge on any atom is -0.340 e. The zero-order valence-corrected chi connectivity index (χ0v) is 17.4. The number of amides is 1. The highest BCUT2D eigenvalue weighted by Crippen LogP contribution is 2.21. The van der Waals surface area contributed by atoms with Crippen LogP contribution in [0.1, 0.15) is 22.5 Å². The third kappa shape index (κ3) is 4.14. The van der Waals surface area contributed by atoms with Crippen LogP contribution in [0.2, 0.25) is 5.02 Å². The van der Waals surface area contributed by atoms with Gasteiger partial charge in [-0.25, -0.2) is 9.37 Å². The summed E-state index contributed by atoms with van der Waals surface area (Å²) in [4.78, 5) is 21.4. The molecular weight excluding hydrogens is 391 g/mol. The third-order valence-corrected chi connectivity index (χ3v) is 5.92. The van der Waals surface area contributed by atoms with Crippen LogP contribution in [-0.2, 0) is 17.8 Å². The number of nitrogens with zero attached hydrogens (tertiary/aromatic N) is 4. The van der Waals surface area contributed by atoms with Crippen molar-refractivity contribution in [2.24, 2.45) is 0 Å². The molecule has 0 aliphatic carbocycles. The fraction of sp³-hybridized carbons (Fsp3) is 0.364. The number of imidazole rings is 1. The highest BCUT2D eigenvalue weighted by molar-refractivity contribution is 6.31. The van der Waals surface area contributed by atoms with Gasteiger partial charge in [0.2, 0.25) is 5.91 Å². The first-order chi connectivity index (χ1) is 13.9. The molecule has 1 amide bonds. The number of piperazine rings is 1. The number of hydrogen-bond donors (Lipinski definition) is 0. The van der Waals surface area contributed by atoms with Crippen molar-refractivity contribution in [1.29, 1.82) is 0 Å². The SMILES string of the molecule is Cc1ccn2c(CN3CCN(C(=O)Cc4c(F)cccc4Cl)CC3)c(C)nc2c1. The lowest BCUT2D eigenvalue weighted by Crippen LogP contribution is -2.48. The number of carbonyl (C=O) groups excluding carboxylic acids is 1. The van der Waals surface area contributed by atoms with E-state index in [1.165, 1.54) is 17.3 Å². The molecule has 0 bridgehead atoms. The van der Waals surface area contributed by atoms with E-state index in [-0.39, 0.29) is 17.9 Å². The molecule has 7 heteroatoms. The molecule has 0 radical (unpaired) electrons. The normalized spacial score (nSPS) is 15.2. The molecule has 0 atom stereocenters. The minimum atomic E-state index is -0.428. The van der Waals surface area contributed by atoms with Gasteiger partial charge in [-0.05, 0) is 43.7 Å². The first kappa shape index (κ1) is 19.9. The zero-order chi connectivity index (χ0) is 20.5. The van der Waals surface area contributed by atoms with Crippen molar-refractivity contribution >= 4 is 23.2 Å². The molecule has 1 aromatic carbocycles. The molecule has 0 N–H and O–H groups in total. The number of carbonyl (C=O) groups is 1. The Hall–Kier alpha value is -2.44. The van der Waals surface area contributed by atoms with Crippen molar-refractivity contribution < 1.29 is 9.18 Å². The van der Waals surface area contributed by atoms with Crippen molar-refractivity contribution in [3.8, 4) is 0 Å². The average Bonchev–Trinajstić information content (AvgIpc) is 2.99. The van der Waals surface area contributed by atoms with Crippen LogP contribution in [0, 0.1) is 19.7 Å². The summed E-state index contributed by atoms with van der Waals surface area (Å²) >= 11 is 6.06. The standard InChI is InChI=1S/C22H24ClFN4O/c1-15-6-7-28-20(16(2)25-21(28)12-15)14-26-8-10-27(11-9-26)22(29)13-17-18(23)4-3-5-19(17)24/h3-7,12H,8-11,13-14H2,1-2H3. The number of hydrogen-bond acceptors (Lipinski definition) is 3. The Bertz CT molecular complexity index is 1040. The van der Waals surface area contributed by atoms with E-state index in [9.17, 15) is 9.18 Å². The number of benzene rings is 1. The van der Waals surface area contributed by atoms with E-state index < -0.39 is 5.82 Å². The molecule has 1 saturated heterocycles. The number of halogens is 2. The fourth-order valence-corrected chi connectivity index (χ4v) is 4.07. The molecule has 3 heterocycles. The molecule has 1 aliphatic heterocycles. The molecular formula is C22H24ClFN4O. The van der Waals surface area contributed by atoms with Crippen molar-refractivity contribution in [2.45, 2.75) is 26.8 Å². The third-order valence-electron chi connectivity index (χ3n) is 5.57. The molecule has 0 spiro atoms. The second kappa shape index (κ2) is 8.13. The van der Waals surface area contributed by atoms with Crippen LogP contribution in [-0.4, -0.2) is 51.3 Å². The summed E-state index contributed by atoms with van der Waals surface area (Å²) in [5.41, 5.74) is 4.64. The summed E-state index contributed by atoms with van der Waals surface area (Å²) in [6.07, 6.45) is 2.06. The van der Waals surface area contributed by atoms with Gasteiger partial charge < -0.3 is 9.30 Å². The van der Waals surface area contributed by atoms with Gasteiger partial charge in [-0.15, -0.1) is 0 Å². The molecule has 1 fully saturated rings. The summed E-state index contributed by atoms with van der Waals surface area (Å²) < 4.78 is 16.1. The number of rotatable bonds is 4. The molecule has 0 unspecified atom stereocenters. The summed E-state index contributed by atoms with van der Waals surface area (Å²) in [5, 5.41) is 0.301. The van der Waals surface area contributed by atoms with E-state index >= 15 is 0 Å². The molecule has 3 aromatic rings. The molecule has 5 nitrogen and oxygen atoms in total. The fourth-order valence-electron chi connectivity index (χ4n) is 3.84. The van der Waals surface area contributed by atoms with Crippen molar-refractivity contribution in [2.75, 3.05) is 26.2 Å². The van der Waals surface area contributed by atoms with Gasteiger partial charge in [-0.3, -0.25) is 9.69 Å². The predicted molar refractivity (Wildman–Crippen MR) is 112 cm³/mol. The number of pyridine rings is 1. The largest absolute Gasteiger partial charge is 0.340 e. The molecule has 152 valence electrons. The van der Waals surface area contributed by atoms with Gasteiger partial charge in [0.15, 0.2) is 0 Å². The Kier molecular flexibility index (Phi) is 5.56. The van der Waals surface area contributed by atoms with E-state index in [1.54, 1.807) is 17.0 Å². The summed E-state index contributed by atoms with van der Waals surface area (Å²) in [5.74, 6) is -0.513. The van der Waals surface area contributed by atoms with Crippen LogP contribution < -0.4 is 0 Å². The van der Waals surface area contributed by atoms with Gasteiger partial charge in [0.25, 0.3) is 0 Å². The first-order valence-electron chi connectivity index (χ1n) is 9.79. The Morgan fingerprint density at radius 3 is 2.66 bits per heavy atom. The maximum Gasteiger partial charge on any atom is 0.227 e. The summed E-state index contributed by atoms with van der Waals surface area (Å²) in [6, 6.07) is 8.67. The number of fused-ring (bicyclic) bond motifs is 1. The van der Waals surface area contributed by atoms with Crippen molar-refractivity contribution in [3.63, 3.8) is 0 Å². The maximum absolute atomic E-state index is 14.0. The van der Waals surface area contributed by atoms with Gasteiger partial charge in [0, 0.05) is 49.5 Å². The summed E-state index contributed by atoms with van der Waals surface area (Å²) in [6.45, 7) is 7.69. The molecule has 4 rings (SSSR count). The molecule has 29 heavy (non-hydrogen) atoms. The Labute approximate surface area is 174 Å². The lowest BCUT2D eigenvalue weighted by atomic mass is 10.1. The monoisotopic (exact) mass is 414 g/mol. The molecule has 2 aromatic heterocycles.